The summed E-state index contributed by atoms with van der Waals surface area (Å²) >= 11 is 0. The molecule has 0 amide bonds. The minimum Gasteiger partial charge on any atom is -0.759 e. The molecule has 22 heavy (non-hydrogen) atoms. The van der Waals surface area contributed by atoms with Crippen LogP contribution >= 0.6 is 0 Å². The SMILES string of the molecule is CCCCCCCCCCCCO.O=O.O=S(=O)([O-])[O-].[Na+].[Na+]. The van der Waals surface area contributed by atoms with Gasteiger partial charge in [-0.3, -0.25) is 8.42 Å². The third-order valence-corrected chi connectivity index (χ3v) is 2.51. The van der Waals surface area contributed by atoms with Gasteiger partial charge in [0.1, 0.15) is 0 Å². The van der Waals surface area contributed by atoms with E-state index in [1.807, 2.05) is 0 Å². The number of hydrogen-bond donors (Lipinski definition) is 1. The van der Waals surface area contributed by atoms with E-state index < -0.39 is 10.4 Å². The molecular formula is C12H26Na2O7S. The van der Waals surface area contributed by atoms with Crippen molar-refractivity contribution in [2.75, 3.05) is 6.61 Å². The third-order valence-electron chi connectivity index (χ3n) is 2.51. The second-order valence-electron chi connectivity index (χ2n) is 4.31. The largest absolute Gasteiger partial charge is 1.00 e. The summed E-state index contributed by atoms with van der Waals surface area (Å²) < 4.78 is 34.1. The molecule has 10 heteroatoms. The van der Waals surface area contributed by atoms with Gasteiger partial charge in [-0.05, 0) is 6.42 Å². The molecule has 0 aliphatic heterocycles. The zero-order valence-electron chi connectivity index (χ0n) is 14.1. The maximum absolute atomic E-state index is 8.57. The van der Waals surface area contributed by atoms with Gasteiger partial charge in [-0.25, -0.2) is 0 Å². The molecule has 0 aliphatic carbocycles. The van der Waals surface area contributed by atoms with Crippen molar-refractivity contribution in [1.29, 1.82) is 0 Å². The summed E-state index contributed by atoms with van der Waals surface area (Å²) in [6.45, 7) is 2.63. The van der Waals surface area contributed by atoms with Crippen molar-refractivity contribution in [1.82, 2.24) is 0 Å². The fourth-order valence-electron chi connectivity index (χ4n) is 1.60. The molecule has 0 atom stereocenters. The van der Waals surface area contributed by atoms with Crippen molar-refractivity contribution in [3.8, 4) is 0 Å². The summed E-state index contributed by atoms with van der Waals surface area (Å²) in [6.07, 6.45) is 13.3. The average molecular weight is 360 g/mol. The van der Waals surface area contributed by atoms with E-state index in [1.54, 1.807) is 0 Å². The summed E-state index contributed by atoms with van der Waals surface area (Å²) in [5.74, 6) is 0. The molecule has 124 valence electrons. The molecule has 0 unspecified atom stereocenters. The molecule has 0 bridgehead atoms. The monoisotopic (exact) mass is 360 g/mol. The number of unbranched alkanes of at least 4 members (excludes halogenated alkanes) is 9. The molecule has 0 rings (SSSR count). The smallest absolute Gasteiger partial charge is 0.759 e. The summed E-state index contributed by atoms with van der Waals surface area (Å²) in [7, 11) is -5.17. The Bertz CT molecular complexity index is 246. The Hall–Kier alpha value is 1.43. The van der Waals surface area contributed by atoms with E-state index in [0.717, 1.165) is 6.42 Å². The molecule has 1 N–H and O–H groups in total. The molecule has 0 spiro atoms. The van der Waals surface area contributed by atoms with Gasteiger partial charge in [0.15, 0.2) is 0 Å². The van der Waals surface area contributed by atoms with Gasteiger partial charge in [0.25, 0.3) is 0 Å². The van der Waals surface area contributed by atoms with Crippen LogP contribution in [0.25, 0.3) is 0 Å². The van der Waals surface area contributed by atoms with E-state index in [2.05, 4.69) is 6.92 Å². The molecule has 0 saturated carbocycles. The van der Waals surface area contributed by atoms with Crippen LogP contribution in [0.15, 0.2) is 0 Å². The van der Waals surface area contributed by atoms with E-state index in [1.165, 1.54) is 57.8 Å². The maximum Gasteiger partial charge on any atom is 1.00 e. The van der Waals surface area contributed by atoms with E-state index in [4.69, 9.17) is 32.6 Å². The number of rotatable bonds is 10. The molecule has 0 fully saturated rings. The standard InChI is InChI=1S/C12H26O.2Na.H2O4S.O2/c1-2-3-4-5-6-7-8-9-10-11-12-13;;;1-5(2,3)4;1-2/h13H,2-12H2,1H3;;;(H2,1,2,3,4);/q;2*+1;;/p-2. The number of aliphatic hydroxyl groups is 1. The minimum absolute atomic E-state index is 0. The van der Waals surface area contributed by atoms with Gasteiger partial charge in [0, 0.05) is 26.9 Å². The van der Waals surface area contributed by atoms with Gasteiger partial charge >= 0.3 is 59.1 Å². The van der Waals surface area contributed by atoms with Gasteiger partial charge in [-0.2, -0.15) is 0 Å². The van der Waals surface area contributed by atoms with Gasteiger partial charge in [-0.1, -0.05) is 64.7 Å². The first kappa shape index (κ1) is 34.7. The normalized spacial score (nSPS) is 9.09. The molecular weight excluding hydrogens is 334 g/mol. The molecule has 0 heterocycles. The molecule has 7 nitrogen and oxygen atoms in total. The average Bonchev–Trinajstić information content (AvgIpc) is 2.37. The van der Waals surface area contributed by atoms with Crippen LogP contribution in [0.3, 0.4) is 0 Å². The van der Waals surface area contributed by atoms with Crippen LogP contribution in [0.1, 0.15) is 71.1 Å². The Balaban J connectivity index is -0.0000000917. The minimum atomic E-state index is -5.17. The van der Waals surface area contributed by atoms with E-state index >= 15 is 0 Å². The Kier molecular flexibility index (Phi) is 47.8. The number of hydrogen-bond acceptors (Lipinski definition) is 7. The van der Waals surface area contributed by atoms with Gasteiger partial charge in [0.05, 0.1) is 0 Å². The summed E-state index contributed by atoms with van der Waals surface area (Å²) in [5.41, 5.74) is 0. The van der Waals surface area contributed by atoms with Gasteiger partial charge < -0.3 is 14.2 Å². The molecule has 0 aliphatic rings. The molecule has 0 saturated heterocycles. The predicted octanol–water partition coefficient (Wildman–Crippen LogP) is -3.36. The van der Waals surface area contributed by atoms with E-state index in [0.29, 0.717) is 6.61 Å². The Labute approximate surface area is 178 Å². The first-order chi connectivity index (χ1) is 9.41. The van der Waals surface area contributed by atoms with Crippen molar-refractivity contribution >= 4 is 10.4 Å². The quantitative estimate of drug-likeness (QED) is 0.186. The maximum atomic E-state index is 8.57. The first-order valence-corrected chi connectivity index (χ1v) is 8.19. The molecule has 0 aromatic carbocycles. The van der Waals surface area contributed by atoms with Crippen molar-refractivity contribution in [3.05, 3.63) is 9.93 Å². The Morgan fingerprint density at radius 2 is 0.955 bits per heavy atom. The van der Waals surface area contributed by atoms with Crippen LogP contribution in [-0.4, -0.2) is 29.2 Å². The first-order valence-electron chi connectivity index (χ1n) is 6.86. The van der Waals surface area contributed by atoms with Crippen LogP contribution < -0.4 is 59.1 Å². The molecule has 0 aromatic heterocycles. The van der Waals surface area contributed by atoms with Gasteiger partial charge in [-0.15, -0.1) is 0 Å². The number of aliphatic hydroxyl groups excluding tert-OH is 1. The van der Waals surface area contributed by atoms with Crippen molar-refractivity contribution in [2.45, 2.75) is 71.1 Å². The second-order valence-corrected chi connectivity index (χ2v) is 5.13. The van der Waals surface area contributed by atoms with E-state index in [9.17, 15) is 0 Å². The third kappa shape index (κ3) is 68.5. The van der Waals surface area contributed by atoms with E-state index in [-0.39, 0.29) is 59.1 Å². The van der Waals surface area contributed by atoms with Crippen LogP contribution in [0.5, 0.6) is 0 Å². The van der Waals surface area contributed by atoms with Crippen LogP contribution in [0.2, 0.25) is 0 Å². The molecule has 0 radical (unpaired) electrons. The second kappa shape index (κ2) is 30.3. The predicted molar refractivity (Wildman–Crippen MR) is 76.1 cm³/mol. The zero-order chi connectivity index (χ0) is 16.3. The van der Waals surface area contributed by atoms with Crippen molar-refractivity contribution in [2.24, 2.45) is 0 Å². The molecule has 0 aromatic rings. The van der Waals surface area contributed by atoms with Crippen molar-refractivity contribution < 1.29 is 81.7 Å². The van der Waals surface area contributed by atoms with Gasteiger partial charge in [0.2, 0.25) is 0 Å². The fraction of sp³-hybridized carbons (Fsp3) is 1.00. The van der Waals surface area contributed by atoms with Crippen LogP contribution in [-0.2, 0) is 10.4 Å². The summed E-state index contributed by atoms with van der Waals surface area (Å²) in [6, 6.07) is 0. The topological polar surface area (TPSA) is 135 Å². The Morgan fingerprint density at radius 3 is 1.18 bits per heavy atom. The fourth-order valence-corrected chi connectivity index (χ4v) is 1.60. The van der Waals surface area contributed by atoms with Crippen LogP contribution in [0.4, 0.5) is 0 Å². The summed E-state index contributed by atoms with van der Waals surface area (Å²) in [5, 5.41) is 8.57. The zero-order valence-corrected chi connectivity index (χ0v) is 18.9. The van der Waals surface area contributed by atoms with Crippen molar-refractivity contribution in [3.63, 3.8) is 0 Å². The van der Waals surface area contributed by atoms with Crippen LogP contribution in [0, 0.1) is 9.93 Å². The summed E-state index contributed by atoms with van der Waals surface area (Å²) in [4.78, 5) is 14.0. The Morgan fingerprint density at radius 1 is 0.727 bits per heavy atom.